The number of benzene rings is 1. The van der Waals surface area contributed by atoms with Gasteiger partial charge in [-0.05, 0) is 46.2 Å². The molecule has 0 saturated heterocycles. The van der Waals surface area contributed by atoms with E-state index in [1.165, 1.54) is 7.11 Å². The molecule has 0 bridgehead atoms. The number of pyridine rings is 1. The maximum atomic E-state index is 11.9. The summed E-state index contributed by atoms with van der Waals surface area (Å²) in [6.45, 7) is 0.777. The lowest BCUT2D eigenvalue weighted by Crippen LogP contribution is -2.05. The molecule has 6 heteroatoms. The molecular weight excluding hydrogens is 358 g/mol. The third-order valence-electron chi connectivity index (χ3n) is 3.56. The van der Waals surface area contributed by atoms with Crippen molar-refractivity contribution in [3.63, 3.8) is 0 Å². The van der Waals surface area contributed by atoms with Crippen LogP contribution in [0.1, 0.15) is 15.9 Å². The number of ether oxygens (including phenoxy) is 1. The van der Waals surface area contributed by atoms with Gasteiger partial charge < -0.3 is 14.5 Å². The van der Waals surface area contributed by atoms with Crippen molar-refractivity contribution in [1.82, 2.24) is 14.7 Å². The Morgan fingerprint density at radius 1 is 1.35 bits per heavy atom. The van der Waals surface area contributed by atoms with Gasteiger partial charge in [-0.1, -0.05) is 18.2 Å². The molecule has 2 heterocycles. The Hall–Kier alpha value is -2.18. The number of carbonyl (C=O) groups excluding carboxylic acids is 1. The Bertz CT molecular complexity index is 873. The molecule has 0 saturated carbocycles. The smallest absolute Gasteiger partial charge is 0.339 e. The van der Waals surface area contributed by atoms with Gasteiger partial charge in [0.1, 0.15) is 10.3 Å². The first-order valence-corrected chi connectivity index (χ1v) is 7.92. The van der Waals surface area contributed by atoms with Crippen LogP contribution in [0, 0.1) is 0 Å². The minimum atomic E-state index is -0.371. The quantitative estimate of drug-likeness (QED) is 0.713. The summed E-state index contributed by atoms with van der Waals surface area (Å²) in [5, 5.41) is 3.14. The third kappa shape index (κ3) is 3.13. The zero-order valence-corrected chi connectivity index (χ0v) is 14.4. The van der Waals surface area contributed by atoms with E-state index in [0.29, 0.717) is 10.2 Å². The van der Waals surface area contributed by atoms with Gasteiger partial charge in [-0.3, -0.25) is 0 Å². The van der Waals surface area contributed by atoms with Crippen molar-refractivity contribution in [3.8, 4) is 11.1 Å². The summed E-state index contributed by atoms with van der Waals surface area (Å²) in [6, 6.07) is 9.98. The van der Waals surface area contributed by atoms with Crippen LogP contribution < -0.4 is 5.32 Å². The summed E-state index contributed by atoms with van der Waals surface area (Å²) in [7, 11) is 3.29. The zero-order valence-electron chi connectivity index (χ0n) is 12.8. The number of hydrogen-bond acceptors (Lipinski definition) is 4. The standard InChI is InChI=1S/C17H16BrN3O2/c1-19-8-11-4-3-5-12(6-11)14-7-13(17(22)23-2)9-21-10-15(18)20-16(14)21/h3-7,9-10,19H,8H2,1-2H3. The van der Waals surface area contributed by atoms with Crippen LogP contribution >= 0.6 is 15.9 Å². The van der Waals surface area contributed by atoms with E-state index in [4.69, 9.17) is 4.74 Å². The summed E-state index contributed by atoms with van der Waals surface area (Å²) < 4.78 is 7.40. The Morgan fingerprint density at radius 3 is 2.91 bits per heavy atom. The molecule has 1 aromatic carbocycles. The van der Waals surface area contributed by atoms with Gasteiger partial charge in [0, 0.05) is 24.5 Å². The molecule has 0 unspecified atom stereocenters. The van der Waals surface area contributed by atoms with Crippen molar-refractivity contribution < 1.29 is 9.53 Å². The van der Waals surface area contributed by atoms with E-state index in [1.807, 2.05) is 35.8 Å². The molecule has 23 heavy (non-hydrogen) atoms. The molecule has 0 aliphatic rings. The monoisotopic (exact) mass is 373 g/mol. The van der Waals surface area contributed by atoms with E-state index in [-0.39, 0.29) is 5.97 Å². The topological polar surface area (TPSA) is 55.6 Å². The lowest BCUT2D eigenvalue weighted by Gasteiger charge is -2.09. The summed E-state index contributed by atoms with van der Waals surface area (Å²) in [4.78, 5) is 16.4. The first-order chi connectivity index (χ1) is 11.1. The molecule has 0 radical (unpaired) electrons. The van der Waals surface area contributed by atoms with E-state index >= 15 is 0 Å². The molecule has 2 aromatic heterocycles. The van der Waals surface area contributed by atoms with Crippen molar-refractivity contribution in [2.75, 3.05) is 14.2 Å². The Morgan fingerprint density at radius 2 is 2.17 bits per heavy atom. The Labute approximate surface area is 142 Å². The van der Waals surface area contributed by atoms with Gasteiger partial charge in [0.25, 0.3) is 0 Å². The lowest BCUT2D eigenvalue weighted by molar-refractivity contribution is 0.0600. The summed E-state index contributed by atoms with van der Waals surface area (Å²) in [5.74, 6) is -0.371. The van der Waals surface area contributed by atoms with Crippen molar-refractivity contribution >= 4 is 27.5 Å². The van der Waals surface area contributed by atoms with Crippen molar-refractivity contribution in [2.45, 2.75) is 6.54 Å². The first-order valence-electron chi connectivity index (χ1n) is 7.13. The number of nitrogens with one attached hydrogen (secondary N) is 1. The second kappa shape index (κ2) is 6.52. The Kier molecular flexibility index (Phi) is 4.45. The van der Waals surface area contributed by atoms with Gasteiger partial charge in [0.05, 0.1) is 12.7 Å². The zero-order chi connectivity index (χ0) is 16.4. The molecule has 0 fully saturated rings. The lowest BCUT2D eigenvalue weighted by atomic mass is 10.0. The van der Waals surface area contributed by atoms with E-state index < -0.39 is 0 Å². The number of fused-ring (bicyclic) bond motifs is 1. The molecule has 5 nitrogen and oxygen atoms in total. The highest BCUT2D eigenvalue weighted by Gasteiger charge is 2.14. The average Bonchev–Trinajstić information content (AvgIpc) is 2.93. The molecule has 1 N–H and O–H groups in total. The van der Waals surface area contributed by atoms with Gasteiger partial charge in [0.15, 0.2) is 0 Å². The minimum absolute atomic E-state index is 0.371. The maximum absolute atomic E-state index is 11.9. The van der Waals surface area contributed by atoms with Gasteiger partial charge in [-0.15, -0.1) is 0 Å². The number of imidazole rings is 1. The number of halogens is 1. The van der Waals surface area contributed by atoms with Crippen LogP contribution in [0.2, 0.25) is 0 Å². The normalized spacial score (nSPS) is 10.9. The van der Waals surface area contributed by atoms with Gasteiger partial charge >= 0.3 is 5.97 Å². The molecule has 0 aliphatic carbocycles. The third-order valence-corrected chi connectivity index (χ3v) is 3.94. The fourth-order valence-electron chi connectivity index (χ4n) is 2.56. The van der Waals surface area contributed by atoms with Crippen molar-refractivity contribution in [1.29, 1.82) is 0 Å². The molecular formula is C17H16BrN3O2. The molecule has 0 aliphatic heterocycles. The fraction of sp³-hybridized carbons (Fsp3) is 0.176. The molecule has 118 valence electrons. The molecule has 3 rings (SSSR count). The second-order valence-corrected chi connectivity index (χ2v) is 5.97. The van der Waals surface area contributed by atoms with E-state index in [1.54, 1.807) is 6.20 Å². The van der Waals surface area contributed by atoms with Crippen LogP contribution in [-0.2, 0) is 11.3 Å². The maximum Gasteiger partial charge on any atom is 0.339 e. The summed E-state index contributed by atoms with van der Waals surface area (Å²) >= 11 is 3.39. The van der Waals surface area contributed by atoms with Gasteiger partial charge in [-0.2, -0.15) is 0 Å². The largest absolute Gasteiger partial charge is 0.465 e. The number of aromatic nitrogens is 2. The van der Waals surface area contributed by atoms with Crippen LogP contribution in [0.15, 0.2) is 47.3 Å². The Balaban J connectivity index is 2.22. The number of hydrogen-bond donors (Lipinski definition) is 1. The molecule has 0 amide bonds. The number of esters is 1. The second-order valence-electron chi connectivity index (χ2n) is 5.16. The molecule has 3 aromatic rings. The van der Waals surface area contributed by atoms with Crippen LogP contribution in [-0.4, -0.2) is 29.5 Å². The summed E-state index contributed by atoms with van der Waals surface area (Å²) in [6.07, 6.45) is 3.54. The first kappa shape index (κ1) is 15.7. The number of nitrogens with zero attached hydrogens (tertiary/aromatic N) is 2. The van der Waals surface area contributed by atoms with Crippen LogP contribution in [0.3, 0.4) is 0 Å². The summed E-state index contributed by atoms with van der Waals surface area (Å²) in [5.41, 5.74) is 4.32. The van der Waals surface area contributed by atoms with Crippen LogP contribution in [0.25, 0.3) is 16.8 Å². The number of rotatable bonds is 4. The van der Waals surface area contributed by atoms with Crippen LogP contribution in [0.4, 0.5) is 0 Å². The van der Waals surface area contributed by atoms with E-state index in [2.05, 4.69) is 38.4 Å². The SMILES string of the molecule is CNCc1cccc(-c2cc(C(=O)OC)cn3cc(Br)nc23)c1. The number of methoxy groups -OCH3 is 1. The van der Waals surface area contributed by atoms with E-state index in [0.717, 1.165) is 28.9 Å². The fourth-order valence-corrected chi connectivity index (χ4v) is 2.95. The highest BCUT2D eigenvalue weighted by atomic mass is 79.9. The number of carbonyl (C=O) groups is 1. The van der Waals surface area contributed by atoms with Crippen molar-refractivity contribution in [2.24, 2.45) is 0 Å². The van der Waals surface area contributed by atoms with Gasteiger partial charge in [0.2, 0.25) is 0 Å². The predicted molar refractivity (Wildman–Crippen MR) is 92.4 cm³/mol. The predicted octanol–water partition coefficient (Wildman–Crippen LogP) is 3.27. The van der Waals surface area contributed by atoms with E-state index in [9.17, 15) is 4.79 Å². The highest BCUT2D eigenvalue weighted by Crippen LogP contribution is 2.28. The molecule has 0 atom stereocenters. The molecule has 0 spiro atoms. The minimum Gasteiger partial charge on any atom is -0.465 e. The van der Waals surface area contributed by atoms with Crippen LogP contribution in [0.5, 0.6) is 0 Å². The highest BCUT2D eigenvalue weighted by molar-refractivity contribution is 9.10. The average molecular weight is 374 g/mol. The van der Waals surface area contributed by atoms with Crippen molar-refractivity contribution in [3.05, 3.63) is 58.5 Å². The van der Waals surface area contributed by atoms with Gasteiger partial charge in [-0.25, -0.2) is 9.78 Å².